The third-order valence-electron chi connectivity index (χ3n) is 4.63. The van der Waals surface area contributed by atoms with Crippen molar-refractivity contribution in [2.75, 3.05) is 27.2 Å². The molecule has 0 spiro atoms. The van der Waals surface area contributed by atoms with Crippen LogP contribution in [0.25, 0.3) is 0 Å². The Hall–Kier alpha value is -2.47. The molecular weight excluding hydrogens is 368 g/mol. The molecular formula is C22H28N4OS. The number of hydrogen-bond donors (Lipinski definition) is 2. The summed E-state index contributed by atoms with van der Waals surface area (Å²) in [5.41, 5.74) is 1.14. The van der Waals surface area contributed by atoms with E-state index in [9.17, 15) is 4.79 Å². The largest absolute Gasteiger partial charge is 0.355 e. The second-order valence-electron chi connectivity index (χ2n) is 7.24. The van der Waals surface area contributed by atoms with Crippen molar-refractivity contribution >= 4 is 23.6 Å². The Morgan fingerprint density at radius 2 is 1.68 bits per heavy atom. The Morgan fingerprint density at radius 1 is 1.04 bits per heavy atom. The van der Waals surface area contributed by atoms with Crippen LogP contribution in [0.4, 0.5) is 0 Å². The molecule has 2 N–H and O–H groups in total. The van der Waals surface area contributed by atoms with Gasteiger partial charge in [0.05, 0.1) is 13.1 Å². The zero-order valence-electron chi connectivity index (χ0n) is 16.5. The lowest BCUT2D eigenvalue weighted by Crippen LogP contribution is -2.45. The van der Waals surface area contributed by atoms with Crippen LogP contribution in [0.15, 0.2) is 70.6 Å². The van der Waals surface area contributed by atoms with E-state index >= 15 is 0 Å². The van der Waals surface area contributed by atoms with E-state index in [2.05, 4.69) is 52.0 Å². The van der Waals surface area contributed by atoms with Crippen LogP contribution in [0.2, 0.25) is 0 Å². The SMILES string of the molecule is CN(C)C(=O)CNC(=NCc1ccccc1)NCC1(Sc2ccccc2)CC1. The second kappa shape index (κ2) is 9.64. The Balaban J connectivity index is 1.60. The molecule has 1 aliphatic rings. The molecule has 6 heteroatoms. The number of rotatable bonds is 8. The van der Waals surface area contributed by atoms with Gasteiger partial charge in [-0.2, -0.15) is 0 Å². The van der Waals surface area contributed by atoms with E-state index in [1.165, 1.54) is 17.7 Å². The van der Waals surface area contributed by atoms with Gasteiger partial charge < -0.3 is 15.5 Å². The maximum absolute atomic E-state index is 12.0. The third-order valence-corrected chi connectivity index (χ3v) is 6.13. The number of nitrogens with one attached hydrogen (secondary N) is 2. The molecule has 0 atom stereocenters. The van der Waals surface area contributed by atoms with Gasteiger partial charge in [0.2, 0.25) is 5.91 Å². The summed E-state index contributed by atoms with van der Waals surface area (Å²) in [6.07, 6.45) is 2.37. The smallest absolute Gasteiger partial charge is 0.241 e. The van der Waals surface area contributed by atoms with Crippen molar-refractivity contribution < 1.29 is 4.79 Å². The average Bonchev–Trinajstić information content (AvgIpc) is 3.48. The number of likely N-dealkylation sites (N-methyl/N-ethyl adjacent to an activating group) is 1. The van der Waals surface area contributed by atoms with Gasteiger partial charge in [0.15, 0.2) is 5.96 Å². The summed E-state index contributed by atoms with van der Waals surface area (Å²) in [6.45, 7) is 1.63. The standard InChI is InChI=1S/C22H28N4OS/c1-26(2)20(27)16-24-21(23-15-18-9-5-3-6-10-18)25-17-22(13-14-22)28-19-11-7-4-8-12-19/h3-12H,13-17H2,1-2H3,(H2,23,24,25). The fourth-order valence-electron chi connectivity index (χ4n) is 2.68. The number of benzene rings is 2. The van der Waals surface area contributed by atoms with Gasteiger partial charge in [0.1, 0.15) is 0 Å². The van der Waals surface area contributed by atoms with Crippen molar-refractivity contribution in [3.63, 3.8) is 0 Å². The Kier molecular flexibility index (Phi) is 6.98. The molecule has 0 aliphatic heterocycles. The van der Waals surface area contributed by atoms with Gasteiger partial charge >= 0.3 is 0 Å². The quantitative estimate of drug-likeness (QED) is 0.532. The van der Waals surface area contributed by atoms with Gasteiger partial charge in [0, 0.05) is 30.3 Å². The van der Waals surface area contributed by atoms with E-state index < -0.39 is 0 Å². The minimum absolute atomic E-state index is 0.0222. The number of amides is 1. The van der Waals surface area contributed by atoms with E-state index in [1.54, 1.807) is 19.0 Å². The van der Waals surface area contributed by atoms with Crippen molar-refractivity contribution in [3.05, 3.63) is 66.2 Å². The van der Waals surface area contributed by atoms with Crippen LogP contribution in [0.1, 0.15) is 18.4 Å². The Labute approximate surface area is 171 Å². The van der Waals surface area contributed by atoms with Gasteiger partial charge in [-0.05, 0) is 30.5 Å². The van der Waals surface area contributed by atoms with Crippen LogP contribution in [0, 0.1) is 0 Å². The first kappa shape index (κ1) is 20.3. The number of thioether (sulfide) groups is 1. The summed E-state index contributed by atoms with van der Waals surface area (Å²) in [4.78, 5) is 19.5. The first-order chi connectivity index (χ1) is 13.6. The Bertz CT molecular complexity index is 789. The van der Waals surface area contributed by atoms with Crippen LogP contribution in [0.3, 0.4) is 0 Å². The maximum atomic E-state index is 12.0. The van der Waals surface area contributed by atoms with E-state index in [-0.39, 0.29) is 17.2 Å². The number of aliphatic imine (C=N–C) groups is 1. The van der Waals surface area contributed by atoms with E-state index in [0.717, 1.165) is 12.1 Å². The van der Waals surface area contributed by atoms with Gasteiger partial charge in [-0.1, -0.05) is 48.5 Å². The molecule has 1 aliphatic carbocycles. The van der Waals surface area contributed by atoms with Crippen molar-refractivity contribution in [1.29, 1.82) is 0 Å². The predicted molar refractivity (Wildman–Crippen MR) is 117 cm³/mol. The van der Waals surface area contributed by atoms with Gasteiger partial charge in [-0.15, -0.1) is 11.8 Å². The molecule has 0 heterocycles. The molecule has 2 aromatic rings. The zero-order chi connectivity index (χ0) is 19.8. The number of nitrogens with zero attached hydrogens (tertiary/aromatic N) is 2. The first-order valence-corrected chi connectivity index (χ1v) is 10.4. The highest BCUT2D eigenvalue weighted by Crippen LogP contribution is 2.51. The number of hydrogen-bond acceptors (Lipinski definition) is 3. The molecule has 0 aromatic heterocycles. The van der Waals surface area contributed by atoms with E-state index in [1.807, 2.05) is 36.0 Å². The molecule has 1 fully saturated rings. The van der Waals surface area contributed by atoms with Crippen LogP contribution in [-0.2, 0) is 11.3 Å². The minimum Gasteiger partial charge on any atom is -0.355 e. The first-order valence-electron chi connectivity index (χ1n) is 9.57. The number of carbonyl (C=O) groups excluding carboxylic acids is 1. The van der Waals surface area contributed by atoms with Crippen LogP contribution in [-0.4, -0.2) is 48.7 Å². The summed E-state index contributed by atoms with van der Waals surface area (Å²) < 4.78 is 0.210. The monoisotopic (exact) mass is 396 g/mol. The predicted octanol–water partition coefficient (Wildman–Crippen LogP) is 3.13. The highest BCUT2D eigenvalue weighted by atomic mass is 32.2. The fourth-order valence-corrected chi connectivity index (χ4v) is 3.93. The molecule has 0 bridgehead atoms. The van der Waals surface area contributed by atoms with Crippen molar-refractivity contribution in [3.8, 4) is 0 Å². The highest BCUT2D eigenvalue weighted by Gasteiger charge is 2.43. The minimum atomic E-state index is 0.0222. The van der Waals surface area contributed by atoms with Crippen molar-refractivity contribution in [2.24, 2.45) is 4.99 Å². The topological polar surface area (TPSA) is 56.7 Å². The average molecular weight is 397 g/mol. The molecule has 1 saturated carbocycles. The van der Waals surface area contributed by atoms with Gasteiger partial charge in [0.25, 0.3) is 0 Å². The lowest BCUT2D eigenvalue weighted by molar-refractivity contribution is -0.127. The summed E-state index contributed by atoms with van der Waals surface area (Å²) in [6, 6.07) is 20.6. The normalized spacial score (nSPS) is 15.0. The molecule has 1 amide bonds. The molecule has 148 valence electrons. The fraction of sp³-hybridized carbons (Fsp3) is 0.364. The number of guanidine groups is 1. The highest BCUT2D eigenvalue weighted by molar-refractivity contribution is 8.01. The maximum Gasteiger partial charge on any atom is 0.241 e. The summed E-state index contributed by atoms with van der Waals surface area (Å²) in [5.74, 6) is 0.702. The zero-order valence-corrected chi connectivity index (χ0v) is 17.3. The molecule has 2 aromatic carbocycles. The van der Waals surface area contributed by atoms with Gasteiger partial charge in [-0.25, -0.2) is 4.99 Å². The van der Waals surface area contributed by atoms with Crippen molar-refractivity contribution in [2.45, 2.75) is 29.0 Å². The molecule has 0 unspecified atom stereocenters. The second-order valence-corrected chi connectivity index (χ2v) is 8.79. The molecule has 5 nitrogen and oxygen atoms in total. The molecule has 28 heavy (non-hydrogen) atoms. The third kappa shape index (κ3) is 6.30. The van der Waals surface area contributed by atoms with Crippen LogP contribution >= 0.6 is 11.8 Å². The molecule has 0 radical (unpaired) electrons. The molecule has 3 rings (SSSR count). The van der Waals surface area contributed by atoms with E-state index in [4.69, 9.17) is 0 Å². The van der Waals surface area contributed by atoms with E-state index in [0.29, 0.717) is 12.5 Å². The number of carbonyl (C=O) groups is 1. The summed E-state index contributed by atoms with van der Waals surface area (Å²) in [5, 5.41) is 6.63. The lowest BCUT2D eigenvalue weighted by Gasteiger charge is -2.19. The summed E-state index contributed by atoms with van der Waals surface area (Å²) in [7, 11) is 3.52. The molecule has 0 saturated heterocycles. The lowest BCUT2D eigenvalue weighted by atomic mass is 10.2. The Morgan fingerprint density at radius 3 is 2.29 bits per heavy atom. The van der Waals surface area contributed by atoms with Crippen LogP contribution < -0.4 is 10.6 Å². The van der Waals surface area contributed by atoms with Crippen LogP contribution in [0.5, 0.6) is 0 Å². The summed E-state index contributed by atoms with van der Waals surface area (Å²) >= 11 is 1.92. The van der Waals surface area contributed by atoms with Crippen molar-refractivity contribution in [1.82, 2.24) is 15.5 Å². The van der Waals surface area contributed by atoms with Gasteiger partial charge in [-0.3, -0.25) is 4.79 Å².